The maximum Gasteiger partial charge on any atom is 0.127 e. The van der Waals surface area contributed by atoms with Crippen LogP contribution in [0.2, 0.25) is 0 Å². The average molecular weight is 222 g/mol. The Hall–Kier alpha value is -0.890. The predicted molar refractivity (Wildman–Crippen MR) is 63.0 cm³/mol. The molecule has 0 radical (unpaired) electrons. The van der Waals surface area contributed by atoms with Gasteiger partial charge in [-0.2, -0.15) is 0 Å². The van der Waals surface area contributed by atoms with Gasteiger partial charge in [0.05, 0.1) is 13.2 Å². The lowest BCUT2D eigenvalue weighted by molar-refractivity contribution is -0.0793. The van der Waals surface area contributed by atoms with Crippen molar-refractivity contribution < 1.29 is 9.13 Å². The minimum Gasteiger partial charge on any atom is -0.379 e. The van der Waals surface area contributed by atoms with Crippen LogP contribution in [-0.4, -0.2) is 13.2 Å². The van der Waals surface area contributed by atoms with Crippen LogP contribution in [0.15, 0.2) is 24.3 Å². The normalized spacial score (nSPS) is 19.2. The van der Waals surface area contributed by atoms with E-state index in [0.29, 0.717) is 13.2 Å². The molecule has 0 spiro atoms. The fourth-order valence-electron chi connectivity index (χ4n) is 2.61. The topological polar surface area (TPSA) is 9.23 Å². The monoisotopic (exact) mass is 222 g/mol. The molecule has 1 heterocycles. The van der Waals surface area contributed by atoms with Crippen LogP contribution in [0.4, 0.5) is 4.39 Å². The highest BCUT2D eigenvalue weighted by Gasteiger charge is 2.44. The molecule has 0 N–H and O–H groups in total. The molecule has 0 saturated carbocycles. The molecule has 1 nitrogen and oxygen atoms in total. The maximum absolute atomic E-state index is 13.8. The first-order valence-corrected chi connectivity index (χ1v) is 5.76. The molecule has 0 aromatic heterocycles. The fourth-order valence-corrected chi connectivity index (χ4v) is 2.61. The molecule has 1 aliphatic heterocycles. The predicted octanol–water partition coefficient (Wildman–Crippen LogP) is 3.53. The highest BCUT2D eigenvalue weighted by atomic mass is 19.1. The summed E-state index contributed by atoms with van der Waals surface area (Å²) in [4.78, 5) is 0. The van der Waals surface area contributed by atoms with Crippen molar-refractivity contribution in [3.63, 3.8) is 0 Å². The molecule has 0 aliphatic carbocycles. The molecule has 16 heavy (non-hydrogen) atoms. The summed E-state index contributed by atoms with van der Waals surface area (Å²) in [6.45, 7) is 7.85. The van der Waals surface area contributed by atoms with Crippen LogP contribution in [0.5, 0.6) is 0 Å². The third-order valence-electron chi connectivity index (χ3n) is 3.07. The van der Waals surface area contributed by atoms with Gasteiger partial charge < -0.3 is 4.74 Å². The van der Waals surface area contributed by atoms with E-state index in [-0.39, 0.29) is 16.6 Å². The van der Waals surface area contributed by atoms with Gasteiger partial charge in [0.25, 0.3) is 0 Å². The lowest BCUT2D eigenvalue weighted by atomic mass is 9.68. The smallest absolute Gasteiger partial charge is 0.127 e. The van der Waals surface area contributed by atoms with Crippen LogP contribution in [0.25, 0.3) is 0 Å². The summed E-state index contributed by atoms with van der Waals surface area (Å²) < 4.78 is 19.2. The Morgan fingerprint density at radius 1 is 1.25 bits per heavy atom. The second-order valence-corrected chi connectivity index (χ2v) is 5.99. The van der Waals surface area contributed by atoms with E-state index in [0.717, 1.165) is 12.0 Å². The van der Waals surface area contributed by atoms with Crippen LogP contribution in [0.1, 0.15) is 32.8 Å². The fraction of sp³-hybridized carbons (Fsp3) is 0.571. The molecule has 0 bridgehead atoms. The van der Waals surface area contributed by atoms with E-state index < -0.39 is 0 Å². The van der Waals surface area contributed by atoms with E-state index in [4.69, 9.17) is 4.74 Å². The van der Waals surface area contributed by atoms with Crippen LogP contribution in [0.3, 0.4) is 0 Å². The molecule has 2 heteroatoms. The summed E-state index contributed by atoms with van der Waals surface area (Å²) in [5.41, 5.74) is 0.895. The number of ether oxygens (including phenoxy) is 1. The molecule has 1 aromatic rings. The third-order valence-corrected chi connectivity index (χ3v) is 3.07. The van der Waals surface area contributed by atoms with Crippen LogP contribution < -0.4 is 0 Å². The number of benzene rings is 1. The molecule has 2 rings (SSSR count). The van der Waals surface area contributed by atoms with Crippen molar-refractivity contribution >= 4 is 0 Å². The van der Waals surface area contributed by atoms with Crippen LogP contribution >= 0.6 is 0 Å². The van der Waals surface area contributed by atoms with Gasteiger partial charge in [0.2, 0.25) is 0 Å². The Morgan fingerprint density at radius 2 is 1.88 bits per heavy atom. The van der Waals surface area contributed by atoms with Gasteiger partial charge in [-0.05, 0) is 23.5 Å². The lowest BCUT2D eigenvalue weighted by Gasteiger charge is -2.45. The van der Waals surface area contributed by atoms with Crippen molar-refractivity contribution in [3.05, 3.63) is 35.6 Å². The van der Waals surface area contributed by atoms with Crippen molar-refractivity contribution in [3.8, 4) is 0 Å². The molecule has 0 amide bonds. The summed E-state index contributed by atoms with van der Waals surface area (Å²) in [5, 5.41) is 0. The summed E-state index contributed by atoms with van der Waals surface area (Å²) in [6, 6.07) is 7.08. The van der Waals surface area contributed by atoms with Gasteiger partial charge in [-0.3, -0.25) is 0 Å². The summed E-state index contributed by atoms with van der Waals surface area (Å²) >= 11 is 0. The second-order valence-electron chi connectivity index (χ2n) is 5.99. The summed E-state index contributed by atoms with van der Waals surface area (Å²) in [7, 11) is 0. The van der Waals surface area contributed by atoms with Gasteiger partial charge in [-0.15, -0.1) is 0 Å². The molecular formula is C14H19FO. The zero-order valence-corrected chi connectivity index (χ0v) is 10.2. The van der Waals surface area contributed by atoms with Gasteiger partial charge in [-0.1, -0.05) is 39.0 Å². The number of hydrogen-bond donors (Lipinski definition) is 0. The highest BCUT2D eigenvalue weighted by Crippen LogP contribution is 2.42. The van der Waals surface area contributed by atoms with E-state index in [1.807, 2.05) is 12.1 Å². The number of hydrogen-bond acceptors (Lipinski definition) is 1. The third kappa shape index (κ3) is 2.12. The highest BCUT2D eigenvalue weighted by molar-refractivity contribution is 5.30. The van der Waals surface area contributed by atoms with Crippen LogP contribution in [0, 0.1) is 11.2 Å². The van der Waals surface area contributed by atoms with Crippen molar-refractivity contribution in [2.45, 2.75) is 32.6 Å². The van der Waals surface area contributed by atoms with Crippen LogP contribution in [-0.2, 0) is 10.2 Å². The quantitative estimate of drug-likeness (QED) is 0.743. The van der Waals surface area contributed by atoms with Crippen molar-refractivity contribution in [2.75, 3.05) is 13.2 Å². The van der Waals surface area contributed by atoms with E-state index >= 15 is 0 Å². The largest absolute Gasteiger partial charge is 0.379 e. The zero-order chi connectivity index (χ0) is 11.8. The van der Waals surface area contributed by atoms with Gasteiger partial charge in [0.15, 0.2) is 0 Å². The minimum absolute atomic E-state index is 0.102. The SMILES string of the molecule is CC(C)(C)CC1(c2ccccc2F)COC1. The Bertz CT molecular complexity index is 375. The van der Waals surface area contributed by atoms with Crippen molar-refractivity contribution in [2.24, 2.45) is 5.41 Å². The molecule has 88 valence electrons. The van der Waals surface area contributed by atoms with E-state index in [1.54, 1.807) is 6.07 Å². The molecule has 0 unspecified atom stereocenters. The first kappa shape index (κ1) is 11.6. The molecule has 1 saturated heterocycles. The zero-order valence-electron chi connectivity index (χ0n) is 10.2. The van der Waals surface area contributed by atoms with E-state index in [9.17, 15) is 4.39 Å². The first-order valence-electron chi connectivity index (χ1n) is 5.76. The van der Waals surface area contributed by atoms with Crippen molar-refractivity contribution in [1.82, 2.24) is 0 Å². The Kier molecular flexibility index (Phi) is 2.79. The molecule has 1 aliphatic rings. The van der Waals surface area contributed by atoms with E-state index in [2.05, 4.69) is 20.8 Å². The standard InChI is InChI=1S/C14H19FO/c1-13(2,3)8-14(9-16-10-14)11-6-4-5-7-12(11)15/h4-7H,8-10H2,1-3H3. The minimum atomic E-state index is -0.108. The summed E-state index contributed by atoms with van der Waals surface area (Å²) in [6.07, 6.45) is 0.959. The molecule has 1 aromatic carbocycles. The van der Waals surface area contributed by atoms with Gasteiger partial charge in [-0.25, -0.2) is 4.39 Å². The molecule has 0 atom stereocenters. The van der Waals surface area contributed by atoms with Gasteiger partial charge in [0.1, 0.15) is 5.82 Å². The Labute approximate surface area is 96.6 Å². The Morgan fingerprint density at radius 3 is 2.31 bits per heavy atom. The number of halogens is 1. The van der Waals surface area contributed by atoms with Gasteiger partial charge >= 0.3 is 0 Å². The number of rotatable bonds is 2. The van der Waals surface area contributed by atoms with Gasteiger partial charge in [0, 0.05) is 5.41 Å². The van der Waals surface area contributed by atoms with Crippen molar-refractivity contribution in [1.29, 1.82) is 0 Å². The first-order chi connectivity index (χ1) is 7.43. The second kappa shape index (κ2) is 3.85. The maximum atomic E-state index is 13.8. The molecule has 1 fully saturated rings. The average Bonchev–Trinajstić information content (AvgIpc) is 2.11. The summed E-state index contributed by atoms with van der Waals surface area (Å²) in [5.74, 6) is -0.102. The van der Waals surface area contributed by atoms with E-state index in [1.165, 1.54) is 6.07 Å². The Balaban J connectivity index is 2.32. The lowest BCUT2D eigenvalue weighted by Crippen LogP contribution is -2.49. The molecular weight excluding hydrogens is 203 g/mol.